The van der Waals surface area contributed by atoms with Gasteiger partial charge in [0.1, 0.15) is 5.75 Å². The third-order valence-electron chi connectivity index (χ3n) is 5.79. The van der Waals surface area contributed by atoms with Crippen LogP contribution in [0.3, 0.4) is 0 Å². The second-order valence-corrected chi connectivity index (χ2v) is 7.88. The topological polar surface area (TPSA) is 48.6 Å². The smallest absolute Gasteiger partial charge is 0.328 e. The van der Waals surface area contributed by atoms with Gasteiger partial charge >= 0.3 is 5.69 Å². The zero-order valence-electron chi connectivity index (χ0n) is 17.4. The molecule has 0 N–H and O–H groups in total. The van der Waals surface area contributed by atoms with Crippen molar-refractivity contribution in [2.24, 2.45) is 14.1 Å². The number of hydrogen-bond donors (Lipinski definition) is 0. The molecule has 1 aliphatic heterocycles. The van der Waals surface area contributed by atoms with E-state index in [9.17, 15) is 4.79 Å². The van der Waals surface area contributed by atoms with Gasteiger partial charge in [0.25, 0.3) is 0 Å². The summed E-state index contributed by atoms with van der Waals surface area (Å²) in [4.78, 5) is 14.7. The zero-order chi connectivity index (χ0) is 20.4. The Bertz CT molecular complexity index is 1030. The average Bonchev–Trinajstić information content (AvgIpc) is 3.32. The van der Waals surface area contributed by atoms with Gasteiger partial charge in [0, 0.05) is 40.3 Å². The fraction of sp³-hybridized carbons (Fsp3) is 0.435. The van der Waals surface area contributed by atoms with Gasteiger partial charge in [-0.3, -0.25) is 14.0 Å². The first-order valence-corrected chi connectivity index (χ1v) is 10.2. The van der Waals surface area contributed by atoms with Crippen LogP contribution in [0.25, 0.3) is 11.0 Å². The fourth-order valence-corrected chi connectivity index (χ4v) is 4.16. The van der Waals surface area contributed by atoms with Crippen LogP contribution in [0, 0.1) is 0 Å². The number of imidazole rings is 1. The first kappa shape index (κ1) is 19.7. The lowest BCUT2D eigenvalue weighted by molar-refractivity contribution is 0.0679. The summed E-state index contributed by atoms with van der Waals surface area (Å²) >= 11 is 0. The minimum Gasteiger partial charge on any atom is -0.497 e. The maximum Gasteiger partial charge on any atom is 0.328 e. The van der Waals surface area contributed by atoms with Crippen LogP contribution in [0.15, 0.2) is 47.3 Å². The van der Waals surface area contributed by atoms with Crippen LogP contribution in [0.5, 0.6) is 5.75 Å². The molecule has 0 aliphatic carbocycles. The van der Waals surface area contributed by atoms with Crippen LogP contribution in [0.4, 0.5) is 0 Å². The number of hydrogen-bond acceptors (Lipinski definition) is 4. The lowest BCUT2D eigenvalue weighted by Gasteiger charge is -2.25. The maximum absolute atomic E-state index is 12.2. The number of benzene rings is 2. The zero-order valence-corrected chi connectivity index (χ0v) is 17.4. The second kappa shape index (κ2) is 8.43. The Balaban J connectivity index is 1.57. The number of ether oxygens (including phenoxy) is 2. The van der Waals surface area contributed by atoms with Gasteiger partial charge in [-0.25, -0.2) is 4.79 Å². The third-order valence-corrected chi connectivity index (χ3v) is 5.79. The first-order valence-electron chi connectivity index (χ1n) is 10.2. The summed E-state index contributed by atoms with van der Waals surface area (Å²) in [6.07, 6.45) is 2.54. The molecule has 29 heavy (non-hydrogen) atoms. The monoisotopic (exact) mass is 395 g/mol. The number of aryl methyl sites for hydroxylation is 2. The molecule has 0 spiro atoms. The molecule has 0 unspecified atom stereocenters. The molecule has 0 amide bonds. The van der Waals surface area contributed by atoms with Crippen LogP contribution in [-0.4, -0.2) is 40.4 Å². The summed E-state index contributed by atoms with van der Waals surface area (Å²) in [7, 11) is 5.33. The van der Waals surface area contributed by atoms with Gasteiger partial charge in [-0.2, -0.15) is 0 Å². The highest BCUT2D eigenvalue weighted by Gasteiger charge is 2.20. The van der Waals surface area contributed by atoms with Crippen molar-refractivity contribution in [2.45, 2.75) is 32.0 Å². The standard InChI is InChI=1S/C23H29N3O3/c1-24-21-11-8-18(13-22(21)25(2)23(24)27)15-26(16-20-5-4-12-29-20)14-17-6-9-19(28-3)10-7-17/h6-11,13,20H,4-5,12,14-16H2,1-3H3/t20-/m0/s1. The van der Waals surface area contributed by atoms with Gasteiger partial charge in [0.2, 0.25) is 0 Å². The molecule has 4 rings (SSSR count). The molecule has 1 fully saturated rings. The number of rotatable bonds is 7. The molecule has 1 aliphatic rings. The van der Waals surface area contributed by atoms with Crippen LogP contribution in [0.2, 0.25) is 0 Å². The van der Waals surface area contributed by atoms with Crippen molar-refractivity contribution in [3.05, 3.63) is 64.1 Å². The summed E-state index contributed by atoms with van der Waals surface area (Å²) in [6.45, 7) is 3.41. The lowest BCUT2D eigenvalue weighted by Crippen LogP contribution is -2.31. The average molecular weight is 396 g/mol. The van der Waals surface area contributed by atoms with Gasteiger partial charge in [-0.15, -0.1) is 0 Å². The summed E-state index contributed by atoms with van der Waals surface area (Å²) in [5.41, 5.74) is 4.38. The van der Waals surface area contributed by atoms with Gasteiger partial charge in [-0.1, -0.05) is 18.2 Å². The summed E-state index contributed by atoms with van der Waals surface area (Å²) in [5, 5.41) is 0. The first-order chi connectivity index (χ1) is 14.0. The molecule has 154 valence electrons. The van der Waals surface area contributed by atoms with E-state index in [2.05, 4.69) is 29.2 Å². The number of methoxy groups -OCH3 is 1. The molecule has 0 saturated carbocycles. The van der Waals surface area contributed by atoms with E-state index in [1.54, 1.807) is 16.2 Å². The van der Waals surface area contributed by atoms with Crippen molar-refractivity contribution >= 4 is 11.0 Å². The van der Waals surface area contributed by atoms with E-state index in [4.69, 9.17) is 9.47 Å². The fourth-order valence-electron chi connectivity index (χ4n) is 4.16. The van der Waals surface area contributed by atoms with Crippen LogP contribution < -0.4 is 10.4 Å². The highest BCUT2D eigenvalue weighted by Crippen LogP contribution is 2.20. The molecule has 0 radical (unpaired) electrons. The van der Waals surface area contributed by atoms with Crippen molar-refractivity contribution in [3.8, 4) is 5.75 Å². The molecule has 3 aromatic rings. The van der Waals surface area contributed by atoms with E-state index in [0.717, 1.165) is 55.9 Å². The van der Waals surface area contributed by atoms with Gasteiger partial charge in [0.05, 0.1) is 24.2 Å². The highest BCUT2D eigenvalue weighted by molar-refractivity contribution is 5.76. The van der Waals surface area contributed by atoms with Crippen molar-refractivity contribution in [1.29, 1.82) is 0 Å². The minimum absolute atomic E-state index is 0.00611. The van der Waals surface area contributed by atoms with E-state index >= 15 is 0 Å². The second-order valence-electron chi connectivity index (χ2n) is 7.88. The van der Waals surface area contributed by atoms with Crippen LogP contribution >= 0.6 is 0 Å². The van der Waals surface area contributed by atoms with Crippen molar-refractivity contribution in [1.82, 2.24) is 14.0 Å². The molecule has 2 aromatic carbocycles. The summed E-state index contributed by atoms with van der Waals surface area (Å²) in [6, 6.07) is 14.5. The quantitative estimate of drug-likeness (QED) is 0.617. The van der Waals surface area contributed by atoms with E-state index < -0.39 is 0 Å². The summed E-state index contributed by atoms with van der Waals surface area (Å²) in [5.74, 6) is 0.870. The van der Waals surface area contributed by atoms with Crippen molar-refractivity contribution in [2.75, 3.05) is 20.3 Å². The Morgan fingerprint density at radius 3 is 2.41 bits per heavy atom. The molecule has 0 bridgehead atoms. The predicted molar refractivity (Wildman–Crippen MR) is 114 cm³/mol. The molecule has 1 aromatic heterocycles. The highest BCUT2D eigenvalue weighted by atomic mass is 16.5. The Morgan fingerprint density at radius 1 is 1.03 bits per heavy atom. The van der Waals surface area contributed by atoms with Gasteiger partial charge in [-0.05, 0) is 48.2 Å². The molecule has 1 atom stereocenters. The Hall–Kier alpha value is -2.57. The minimum atomic E-state index is 0.00611. The number of aromatic nitrogens is 2. The Morgan fingerprint density at radius 2 is 1.72 bits per heavy atom. The Kier molecular flexibility index (Phi) is 5.74. The normalized spacial score (nSPS) is 16.8. The Labute approximate surface area is 171 Å². The molecular formula is C23H29N3O3. The van der Waals surface area contributed by atoms with Crippen LogP contribution in [-0.2, 0) is 31.9 Å². The molecule has 6 heteroatoms. The van der Waals surface area contributed by atoms with E-state index in [1.807, 2.05) is 32.3 Å². The van der Waals surface area contributed by atoms with E-state index in [1.165, 1.54) is 11.1 Å². The van der Waals surface area contributed by atoms with Crippen molar-refractivity contribution in [3.63, 3.8) is 0 Å². The number of fused-ring (bicyclic) bond motifs is 1. The summed E-state index contributed by atoms with van der Waals surface area (Å²) < 4.78 is 14.6. The lowest BCUT2D eigenvalue weighted by atomic mass is 10.1. The largest absolute Gasteiger partial charge is 0.497 e. The molecule has 6 nitrogen and oxygen atoms in total. The van der Waals surface area contributed by atoms with Gasteiger partial charge < -0.3 is 9.47 Å². The van der Waals surface area contributed by atoms with E-state index in [-0.39, 0.29) is 11.8 Å². The number of nitrogens with zero attached hydrogens (tertiary/aromatic N) is 3. The van der Waals surface area contributed by atoms with E-state index in [0.29, 0.717) is 0 Å². The van der Waals surface area contributed by atoms with Crippen molar-refractivity contribution < 1.29 is 9.47 Å². The molecule has 1 saturated heterocycles. The SMILES string of the molecule is COc1ccc(CN(Cc2ccc3c(c2)n(C)c(=O)n3C)C[C@@H]2CCCO2)cc1. The third kappa shape index (κ3) is 4.23. The van der Waals surface area contributed by atoms with Crippen LogP contribution in [0.1, 0.15) is 24.0 Å². The van der Waals surface area contributed by atoms with Gasteiger partial charge in [0.15, 0.2) is 0 Å². The molecule has 2 heterocycles. The predicted octanol–water partition coefficient (Wildman–Crippen LogP) is 3.07. The molecular weight excluding hydrogens is 366 g/mol. The maximum atomic E-state index is 12.2.